The summed E-state index contributed by atoms with van der Waals surface area (Å²) < 4.78 is 0. The molecule has 0 bridgehead atoms. The van der Waals surface area contributed by atoms with Crippen molar-refractivity contribution in [1.82, 2.24) is 4.90 Å². The monoisotopic (exact) mass is 488 g/mol. The molecule has 3 N–H and O–H groups in total. The first-order valence-corrected chi connectivity index (χ1v) is 12.5. The van der Waals surface area contributed by atoms with Crippen molar-refractivity contribution in [1.29, 1.82) is 5.26 Å². The second kappa shape index (κ2) is 10.8. The molecule has 2 fully saturated rings. The van der Waals surface area contributed by atoms with Crippen LogP contribution in [0.15, 0.2) is 42.5 Å². The van der Waals surface area contributed by atoms with Crippen LogP contribution in [-0.2, 0) is 4.79 Å². The minimum Gasteiger partial charge on any atom is -0.481 e. The maximum Gasteiger partial charge on any atom is 0.319 e. The summed E-state index contributed by atoms with van der Waals surface area (Å²) in [6, 6.07) is 14.4. The van der Waals surface area contributed by atoms with Crippen LogP contribution in [0.2, 0.25) is 0 Å². The highest BCUT2D eigenvalue weighted by atomic mass is 16.4. The number of carboxylic acids is 1. The predicted molar refractivity (Wildman–Crippen MR) is 136 cm³/mol. The van der Waals surface area contributed by atoms with Crippen LogP contribution in [0.4, 0.5) is 10.5 Å². The first kappa shape index (κ1) is 25.2. The lowest BCUT2D eigenvalue weighted by molar-refractivity contribution is -0.142. The van der Waals surface area contributed by atoms with Crippen LogP contribution in [0.25, 0.3) is 0 Å². The Morgan fingerprint density at radius 3 is 2.19 bits per heavy atom. The molecule has 8 heteroatoms. The summed E-state index contributed by atoms with van der Waals surface area (Å²) in [4.78, 5) is 40.6. The first-order chi connectivity index (χ1) is 17.3. The lowest BCUT2D eigenvalue weighted by atomic mass is 9.85. The molecule has 2 aromatic carbocycles. The van der Waals surface area contributed by atoms with Gasteiger partial charge in [0.05, 0.1) is 17.6 Å². The molecule has 1 saturated carbocycles. The van der Waals surface area contributed by atoms with Gasteiger partial charge in [-0.25, -0.2) is 4.79 Å². The summed E-state index contributed by atoms with van der Waals surface area (Å²) in [6.07, 6.45) is 3.79. The molecule has 188 valence electrons. The molecular weight excluding hydrogens is 456 g/mol. The van der Waals surface area contributed by atoms with E-state index in [9.17, 15) is 19.5 Å². The molecule has 0 spiro atoms. The number of carboxylic acid groups (broad SMARTS) is 1. The lowest BCUT2D eigenvalue weighted by Crippen LogP contribution is -2.46. The number of hydrogen-bond donors (Lipinski definition) is 2. The zero-order valence-corrected chi connectivity index (χ0v) is 20.5. The van der Waals surface area contributed by atoms with E-state index < -0.39 is 17.9 Å². The van der Waals surface area contributed by atoms with E-state index in [0.29, 0.717) is 61.5 Å². The van der Waals surface area contributed by atoms with Crippen LogP contribution in [0, 0.1) is 24.2 Å². The van der Waals surface area contributed by atoms with Crippen LogP contribution < -0.4 is 10.6 Å². The van der Waals surface area contributed by atoms with E-state index in [1.807, 2.05) is 42.2 Å². The molecular formula is C28H32N4O4. The molecule has 1 aliphatic carbocycles. The Bertz CT molecular complexity index is 1170. The summed E-state index contributed by atoms with van der Waals surface area (Å²) in [7, 11) is 0. The smallest absolute Gasteiger partial charge is 0.319 e. The second-order valence-corrected chi connectivity index (χ2v) is 9.85. The minimum atomic E-state index is -0.800. The third kappa shape index (κ3) is 5.35. The molecule has 2 aromatic rings. The summed E-state index contributed by atoms with van der Waals surface area (Å²) in [5.41, 5.74) is 9.57. The molecule has 3 amide bonds. The number of piperidine rings is 1. The summed E-state index contributed by atoms with van der Waals surface area (Å²) in [6.45, 7) is 3.14. The lowest BCUT2D eigenvalue weighted by Gasteiger charge is -2.36. The summed E-state index contributed by atoms with van der Waals surface area (Å²) >= 11 is 0. The molecule has 8 nitrogen and oxygen atoms in total. The number of likely N-dealkylation sites (tertiary alicyclic amines) is 1. The van der Waals surface area contributed by atoms with E-state index >= 15 is 0 Å². The molecule has 4 rings (SSSR count). The number of aryl methyl sites for hydroxylation is 1. The Morgan fingerprint density at radius 2 is 1.64 bits per heavy atom. The van der Waals surface area contributed by atoms with Crippen molar-refractivity contribution in [3.63, 3.8) is 0 Å². The van der Waals surface area contributed by atoms with Crippen molar-refractivity contribution >= 4 is 23.6 Å². The summed E-state index contributed by atoms with van der Waals surface area (Å²) in [5.74, 6) is -0.918. The van der Waals surface area contributed by atoms with Crippen LogP contribution in [-0.4, -0.2) is 47.0 Å². The molecule has 0 atom stereocenters. The summed E-state index contributed by atoms with van der Waals surface area (Å²) in [5, 5.41) is 18.3. The van der Waals surface area contributed by atoms with E-state index in [2.05, 4.69) is 6.07 Å². The minimum absolute atomic E-state index is 0.0754. The zero-order valence-electron chi connectivity index (χ0n) is 20.5. The number of primary amides is 1. The van der Waals surface area contributed by atoms with Gasteiger partial charge in [0.1, 0.15) is 0 Å². The highest BCUT2D eigenvalue weighted by molar-refractivity contribution is 5.98. The highest BCUT2D eigenvalue weighted by Gasteiger charge is 2.33. The third-order valence-corrected chi connectivity index (χ3v) is 7.66. The van der Waals surface area contributed by atoms with Gasteiger partial charge in [-0.3, -0.25) is 14.5 Å². The van der Waals surface area contributed by atoms with Crippen LogP contribution >= 0.6 is 0 Å². The van der Waals surface area contributed by atoms with E-state index in [-0.39, 0.29) is 11.9 Å². The Hall–Kier alpha value is -3.86. The Balaban J connectivity index is 1.46. The van der Waals surface area contributed by atoms with Crippen LogP contribution in [0.3, 0.4) is 0 Å². The van der Waals surface area contributed by atoms with Gasteiger partial charge in [-0.05, 0) is 86.8 Å². The zero-order chi connectivity index (χ0) is 25.8. The van der Waals surface area contributed by atoms with Gasteiger partial charge in [-0.2, -0.15) is 5.26 Å². The third-order valence-electron chi connectivity index (χ3n) is 7.66. The fraction of sp³-hybridized carbons (Fsp3) is 0.429. The number of nitriles is 1. The Kier molecular flexibility index (Phi) is 7.58. The number of benzene rings is 2. The van der Waals surface area contributed by atoms with Gasteiger partial charge in [0.2, 0.25) is 0 Å². The van der Waals surface area contributed by atoms with E-state index in [1.54, 1.807) is 17.0 Å². The van der Waals surface area contributed by atoms with Crippen molar-refractivity contribution in [2.24, 2.45) is 11.7 Å². The van der Waals surface area contributed by atoms with Crippen molar-refractivity contribution in [2.75, 3.05) is 18.0 Å². The number of hydrogen-bond acceptors (Lipinski definition) is 4. The second-order valence-electron chi connectivity index (χ2n) is 9.85. The van der Waals surface area contributed by atoms with Crippen molar-refractivity contribution in [3.05, 3.63) is 64.7 Å². The number of rotatable bonds is 5. The largest absolute Gasteiger partial charge is 0.481 e. The topological polar surface area (TPSA) is 128 Å². The number of amides is 3. The molecule has 1 heterocycles. The molecule has 36 heavy (non-hydrogen) atoms. The number of nitrogens with two attached hydrogens (primary N) is 1. The SMILES string of the molecule is Cc1ccc(C(=O)N2CCC(c3ccc(C#N)cc3)CC2)cc1N(C(N)=O)C1CCC(C(=O)O)CC1. The number of aliphatic carboxylic acids is 1. The number of carbonyl (C=O) groups excluding carboxylic acids is 2. The molecule has 2 aliphatic rings. The van der Waals surface area contributed by atoms with Gasteiger partial charge in [0, 0.05) is 30.4 Å². The quantitative estimate of drug-likeness (QED) is 0.644. The van der Waals surface area contributed by atoms with Gasteiger partial charge in [-0.1, -0.05) is 18.2 Å². The average molecular weight is 489 g/mol. The fourth-order valence-corrected chi connectivity index (χ4v) is 5.51. The molecule has 0 unspecified atom stereocenters. The van der Waals surface area contributed by atoms with Gasteiger partial charge in [0.15, 0.2) is 0 Å². The molecule has 0 radical (unpaired) electrons. The number of carbonyl (C=O) groups is 3. The molecule has 0 aromatic heterocycles. The van der Waals surface area contributed by atoms with Gasteiger partial charge < -0.3 is 15.7 Å². The van der Waals surface area contributed by atoms with E-state index in [0.717, 1.165) is 18.4 Å². The van der Waals surface area contributed by atoms with Crippen molar-refractivity contribution in [3.8, 4) is 6.07 Å². The Labute approximate surface area is 211 Å². The van der Waals surface area contributed by atoms with Gasteiger partial charge in [0.25, 0.3) is 5.91 Å². The average Bonchev–Trinajstić information content (AvgIpc) is 2.90. The number of anilines is 1. The van der Waals surface area contributed by atoms with Gasteiger partial charge in [-0.15, -0.1) is 0 Å². The van der Waals surface area contributed by atoms with Crippen LogP contribution in [0.5, 0.6) is 0 Å². The van der Waals surface area contributed by atoms with Crippen LogP contribution in [0.1, 0.15) is 71.5 Å². The van der Waals surface area contributed by atoms with Crippen molar-refractivity contribution in [2.45, 2.75) is 57.4 Å². The maximum absolute atomic E-state index is 13.4. The predicted octanol–water partition coefficient (Wildman–Crippen LogP) is 4.42. The number of urea groups is 1. The molecule has 1 aliphatic heterocycles. The normalized spacial score (nSPS) is 20.4. The molecule has 1 saturated heterocycles. The van der Waals surface area contributed by atoms with E-state index in [1.165, 1.54) is 5.56 Å². The maximum atomic E-state index is 13.4. The van der Waals surface area contributed by atoms with Gasteiger partial charge >= 0.3 is 12.0 Å². The fourth-order valence-electron chi connectivity index (χ4n) is 5.51. The van der Waals surface area contributed by atoms with E-state index in [4.69, 9.17) is 11.0 Å². The number of nitrogens with zero attached hydrogens (tertiary/aromatic N) is 3. The Morgan fingerprint density at radius 1 is 1.00 bits per heavy atom. The standard InChI is InChI=1S/C28H32N4O4/c1-18-2-5-23(16-25(18)32(28(30)36)24-10-8-22(9-11-24)27(34)35)26(33)31-14-12-21(13-15-31)20-6-3-19(17-29)4-7-20/h2-7,16,21-22,24H,8-15H2,1H3,(H2,30,36)(H,34,35). The highest BCUT2D eigenvalue weighted by Crippen LogP contribution is 2.34. The first-order valence-electron chi connectivity index (χ1n) is 12.5. The van der Waals surface area contributed by atoms with Crippen molar-refractivity contribution < 1.29 is 19.5 Å².